The number of hydrogen-bond acceptors (Lipinski definition) is 5. The number of hydrogen-bond donors (Lipinski definition) is 2. The van der Waals surface area contributed by atoms with Gasteiger partial charge in [0.1, 0.15) is 23.4 Å². The number of nitrogens with one attached hydrogen (secondary N) is 2. The molecule has 0 bridgehead atoms. The van der Waals surface area contributed by atoms with Crippen molar-refractivity contribution in [1.29, 1.82) is 0 Å². The molecule has 1 aliphatic heterocycles. The molecule has 0 aliphatic carbocycles. The topological polar surface area (TPSA) is 87.3 Å². The fourth-order valence-electron chi connectivity index (χ4n) is 2.45. The lowest BCUT2D eigenvalue weighted by atomic mass is 10.1. The number of carbonyl (C=O) groups excluding carboxylic acids is 2. The summed E-state index contributed by atoms with van der Waals surface area (Å²) >= 11 is 3.34. The Labute approximate surface area is 137 Å². The molecule has 1 amide bonds. The van der Waals surface area contributed by atoms with Crippen LogP contribution in [0.1, 0.15) is 38.6 Å². The molecule has 1 fully saturated rings. The number of alkyl carbamates (subject to hydrolysis) is 1. The monoisotopic (exact) mass is 372 g/mol. The highest BCUT2D eigenvalue weighted by molar-refractivity contribution is 9.10. The van der Waals surface area contributed by atoms with E-state index in [0.717, 1.165) is 36.1 Å². The highest BCUT2D eigenvalue weighted by Crippen LogP contribution is 2.30. The zero-order valence-electron chi connectivity index (χ0n) is 12.7. The Morgan fingerprint density at radius 1 is 1.68 bits per heavy atom. The van der Waals surface area contributed by atoms with Gasteiger partial charge in [-0.05, 0) is 34.7 Å². The van der Waals surface area contributed by atoms with Crippen molar-refractivity contribution in [1.82, 2.24) is 20.2 Å². The normalized spacial score (nSPS) is 20.1. The second-order valence-corrected chi connectivity index (χ2v) is 6.55. The Morgan fingerprint density at radius 3 is 3.05 bits per heavy atom. The van der Waals surface area contributed by atoms with E-state index in [2.05, 4.69) is 36.1 Å². The summed E-state index contributed by atoms with van der Waals surface area (Å²) in [5.74, 6) is 0.895. The van der Waals surface area contributed by atoms with Crippen LogP contribution in [-0.2, 0) is 9.53 Å². The Balaban J connectivity index is 1.85. The first-order valence-electron chi connectivity index (χ1n) is 7.34. The molecular formula is C14H21BrN4O3. The van der Waals surface area contributed by atoms with E-state index in [-0.39, 0.29) is 18.7 Å². The number of amides is 1. The Bertz CT molecular complexity index is 520. The lowest BCUT2D eigenvalue weighted by Crippen LogP contribution is -2.41. The number of H-pyrrole nitrogens is 1. The molecule has 0 unspecified atom stereocenters. The summed E-state index contributed by atoms with van der Waals surface area (Å²) in [5.41, 5.74) is 0. The number of carbonyl (C=O) groups is 2. The maximum Gasteiger partial charge on any atom is 0.409 e. The zero-order valence-corrected chi connectivity index (χ0v) is 14.3. The van der Waals surface area contributed by atoms with Crippen molar-refractivity contribution < 1.29 is 14.3 Å². The lowest BCUT2D eigenvalue weighted by molar-refractivity contribution is -0.110. The molecule has 8 heteroatoms. The van der Waals surface area contributed by atoms with Crippen molar-refractivity contribution in [2.45, 2.75) is 38.8 Å². The number of likely N-dealkylation sites (tertiary alicyclic amines) is 1. The molecule has 2 atom stereocenters. The highest BCUT2D eigenvalue weighted by atomic mass is 79.9. The zero-order chi connectivity index (χ0) is 16.1. The molecule has 1 aromatic rings. The van der Waals surface area contributed by atoms with Crippen LogP contribution in [0.25, 0.3) is 0 Å². The van der Waals surface area contributed by atoms with Gasteiger partial charge in [0.25, 0.3) is 0 Å². The van der Waals surface area contributed by atoms with Crippen LogP contribution >= 0.6 is 15.9 Å². The van der Waals surface area contributed by atoms with E-state index in [9.17, 15) is 9.59 Å². The molecule has 0 radical (unpaired) electrons. The number of ether oxygens (including phenoxy) is 1. The number of halogens is 1. The fourth-order valence-corrected chi connectivity index (χ4v) is 2.76. The van der Waals surface area contributed by atoms with Crippen LogP contribution in [-0.4, -0.2) is 46.6 Å². The molecule has 122 valence electrons. The van der Waals surface area contributed by atoms with E-state index in [1.165, 1.54) is 0 Å². The summed E-state index contributed by atoms with van der Waals surface area (Å²) in [6, 6.07) is -0.408. The summed E-state index contributed by atoms with van der Waals surface area (Å²) in [7, 11) is 0. The first-order chi connectivity index (χ1) is 10.5. The second-order valence-electron chi connectivity index (χ2n) is 5.70. The summed E-state index contributed by atoms with van der Waals surface area (Å²) in [6.45, 7) is 4.76. The van der Waals surface area contributed by atoms with Gasteiger partial charge in [0.2, 0.25) is 0 Å². The third kappa shape index (κ3) is 4.30. The van der Waals surface area contributed by atoms with E-state index in [1.54, 1.807) is 6.20 Å². The average molecular weight is 373 g/mol. The molecule has 22 heavy (non-hydrogen) atoms. The first kappa shape index (κ1) is 17.0. The summed E-state index contributed by atoms with van der Waals surface area (Å²) in [6.07, 6.45) is 3.86. The minimum atomic E-state index is -0.572. The molecule has 1 aromatic heterocycles. The number of aromatic amines is 1. The minimum absolute atomic E-state index is 0.0325. The number of aldehydes is 1. The van der Waals surface area contributed by atoms with Crippen molar-refractivity contribution in [3.05, 3.63) is 16.6 Å². The van der Waals surface area contributed by atoms with Crippen molar-refractivity contribution >= 4 is 28.3 Å². The average Bonchev–Trinajstić information content (AvgIpc) is 3.10. The SMILES string of the molecule is CC(C)[C@@H](C=O)NC(=O)OCN1CCC[C@H]1c1ncc(Br)[nH]1. The van der Waals surface area contributed by atoms with Gasteiger partial charge in [0.05, 0.1) is 18.3 Å². The van der Waals surface area contributed by atoms with Gasteiger partial charge in [-0.2, -0.15) is 0 Å². The third-order valence-electron chi connectivity index (χ3n) is 3.75. The van der Waals surface area contributed by atoms with Crippen molar-refractivity contribution in [3.63, 3.8) is 0 Å². The maximum absolute atomic E-state index is 11.8. The Morgan fingerprint density at radius 2 is 2.45 bits per heavy atom. The predicted molar refractivity (Wildman–Crippen MR) is 84.1 cm³/mol. The van der Waals surface area contributed by atoms with Crippen molar-refractivity contribution in [2.24, 2.45) is 5.92 Å². The lowest BCUT2D eigenvalue weighted by Gasteiger charge is -2.23. The van der Waals surface area contributed by atoms with E-state index < -0.39 is 12.1 Å². The smallest absolute Gasteiger partial charge is 0.409 e. The van der Waals surface area contributed by atoms with Gasteiger partial charge >= 0.3 is 6.09 Å². The quantitative estimate of drug-likeness (QED) is 0.747. The van der Waals surface area contributed by atoms with Crippen LogP contribution in [0.3, 0.4) is 0 Å². The van der Waals surface area contributed by atoms with Gasteiger partial charge in [0.15, 0.2) is 0 Å². The second kappa shape index (κ2) is 7.73. The van der Waals surface area contributed by atoms with Crippen LogP contribution < -0.4 is 5.32 Å². The third-order valence-corrected chi connectivity index (χ3v) is 4.16. The molecule has 2 heterocycles. The molecule has 7 nitrogen and oxygen atoms in total. The van der Waals surface area contributed by atoms with Crippen molar-refractivity contribution in [3.8, 4) is 0 Å². The van der Waals surface area contributed by atoms with Gasteiger partial charge in [0, 0.05) is 6.54 Å². The molecular weight excluding hydrogens is 352 g/mol. The number of aromatic nitrogens is 2. The van der Waals surface area contributed by atoms with E-state index in [0.29, 0.717) is 0 Å². The minimum Gasteiger partial charge on any atom is -0.433 e. The fraction of sp³-hybridized carbons (Fsp3) is 0.643. The van der Waals surface area contributed by atoms with E-state index >= 15 is 0 Å². The van der Waals surface area contributed by atoms with E-state index in [4.69, 9.17) is 4.74 Å². The number of nitrogens with zero attached hydrogens (tertiary/aromatic N) is 2. The van der Waals surface area contributed by atoms with Crippen LogP contribution in [0.4, 0.5) is 4.79 Å². The maximum atomic E-state index is 11.8. The Kier molecular flexibility index (Phi) is 5.96. The summed E-state index contributed by atoms with van der Waals surface area (Å²) in [5, 5.41) is 2.56. The number of imidazole rings is 1. The van der Waals surface area contributed by atoms with Gasteiger partial charge in [-0.1, -0.05) is 13.8 Å². The van der Waals surface area contributed by atoms with Gasteiger partial charge in [-0.15, -0.1) is 0 Å². The van der Waals surface area contributed by atoms with Crippen molar-refractivity contribution in [2.75, 3.05) is 13.3 Å². The summed E-state index contributed by atoms with van der Waals surface area (Å²) < 4.78 is 6.06. The molecule has 2 rings (SSSR count). The molecule has 0 spiro atoms. The molecule has 1 saturated heterocycles. The largest absolute Gasteiger partial charge is 0.433 e. The molecule has 1 aliphatic rings. The van der Waals surface area contributed by atoms with Gasteiger partial charge in [-0.25, -0.2) is 9.78 Å². The van der Waals surface area contributed by atoms with Crippen LogP contribution in [0.5, 0.6) is 0 Å². The molecule has 0 saturated carbocycles. The van der Waals surface area contributed by atoms with Gasteiger partial charge in [-0.3, -0.25) is 4.90 Å². The Hall–Kier alpha value is -1.41. The molecule has 0 aromatic carbocycles. The predicted octanol–water partition coefficient (Wildman–Crippen LogP) is 2.22. The van der Waals surface area contributed by atoms with E-state index in [1.807, 2.05) is 13.8 Å². The first-order valence-corrected chi connectivity index (χ1v) is 8.13. The van der Waals surface area contributed by atoms with Crippen LogP contribution in [0, 0.1) is 5.92 Å². The van der Waals surface area contributed by atoms with Crippen LogP contribution in [0.2, 0.25) is 0 Å². The number of rotatable bonds is 6. The molecule has 2 N–H and O–H groups in total. The summed E-state index contributed by atoms with van der Waals surface area (Å²) in [4.78, 5) is 32.2. The highest BCUT2D eigenvalue weighted by Gasteiger charge is 2.29. The van der Waals surface area contributed by atoms with Gasteiger partial charge < -0.3 is 19.8 Å². The standard InChI is InChI=1S/C14H21BrN4O3/c1-9(2)10(7-20)17-14(21)22-8-19-5-3-4-11(19)13-16-6-12(15)18-13/h6-7,9-11H,3-5,8H2,1-2H3,(H,16,18)(H,17,21)/t10-,11+/m1/s1. The van der Waals surface area contributed by atoms with Crippen LogP contribution in [0.15, 0.2) is 10.8 Å².